The minimum atomic E-state index is -0.191. The van der Waals surface area contributed by atoms with Crippen LogP contribution in [0.15, 0.2) is 29.3 Å². The molecule has 0 spiro atoms. The van der Waals surface area contributed by atoms with Crippen molar-refractivity contribution in [2.75, 3.05) is 46.6 Å². The zero-order valence-electron chi connectivity index (χ0n) is 17.1. The van der Waals surface area contributed by atoms with Crippen LogP contribution in [0.2, 0.25) is 0 Å². The maximum atomic E-state index is 13.8. The van der Waals surface area contributed by atoms with Gasteiger partial charge in [0, 0.05) is 52.0 Å². The smallest absolute Gasteiger partial charge is 0.191 e. The Morgan fingerprint density at radius 3 is 2.64 bits per heavy atom. The lowest BCUT2D eigenvalue weighted by atomic mass is 9.74. The number of hydrogen-bond donors (Lipinski definition) is 2. The summed E-state index contributed by atoms with van der Waals surface area (Å²) in [5.41, 5.74) is 0.888. The van der Waals surface area contributed by atoms with Crippen molar-refractivity contribution in [3.05, 3.63) is 35.6 Å². The van der Waals surface area contributed by atoms with Crippen LogP contribution in [-0.2, 0) is 14.9 Å². The molecule has 1 aromatic rings. The van der Waals surface area contributed by atoms with E-state index < -0.39 is 0 Å². The van der Waals surface area contributed by atoms with E-state index in [1.165, 1.54) is 6.07 Å². The average molecular weight is 507 g/mol. The molecule has 1 aliphatic heterocycles. The van der Waals surface area contributed by atoms with Crippen LogP contribution in [0.25, 0.3) is 0 Å². The quantitative estimate of drug-likeness (QED) is 0.219. The molecule has 160 valence electrons. The van der Waals surface area contributed by atoms with Crippen molar-refractivity contribution in [3.63, 3.8) is 0 Å². The molecule has 0 saturated carbocycles. The molecule has 2 N–H and O–H groups in total. The van der Waals surface area contributed by atoms with E-state index >= 15 is 0 Å². The van der Waals surface area contributed by atoms with E-state index in [1.54, 1.807) is 19.2 Å². The zero-order valence-corrected chi connectivity index (χ0v) is 19.5. The average Bonchev–Trinajstić information content (AvgIpc) is 2.70. The molecule has 1 aliphatic rings. The lowest BCUT2D eigenvalue weighted by Crippen LogP contribution is -2.48. The highest BCUT2D eigenvalue weighted by Crippen LogP contribution is 2.34. The standard InChI is InChI=1S/C21H34FN3O2.HI/c1-3-4-12-26-13-6-11-24-20(23-2)25-17-21(9-14-27-15-10-21)18-7-5-8-19(22)16-18;/h5,7-8,16H,3-4,6,9-15,17H2,1-2H3,(H2,23,24,25);1H. The summed E-state index contributed by atoms with van der Waals surface area (Å²) in [6, 6.07) is 6.94. The number of nitrogens with zero attached hydrogens (tertiary/aromatic N) is 1. The molecule has 5 nitrogen and oxygen atoms in total. The molecule has 7 heteroatoms. The predicted octanol–water partition coefficient (Wildman–Crippen LogP) is 3.86. The Balaban J connectivity index is 0.00000392. The van der Waals surface area contributed by atoms with E-state index in [0.29, 0.717) is 19.8 Å². The van der Waals surface area contributed by atoms with Gasteiger partial charge >= 0.3 is 0 Å². The Labute approximate surface area is 185 Å². The number of halogens is 2. The molecule has 2 rings (SSSR count). The molecule has 0 atom stereocenters. The van der Waals surface area contributed by atoms with E-state index in [0.717, 1.165) is 63.4 Å². The van der Waals surface area contributed by atoms with Crippen LogP contribution in [0.5, 0.6) is 0 Å². The fraction of sp³-hybridized carbons (Fsp3) is 0.667. The van der Waals surface area contributed by atoms with Gasteiger partial charge in [0.25, 0.3) is 0 Å². The number of guanidine groups is 1. The summed E-state index contributed by atoms with van der Waals surface area (Å²) in [4.78, 5) is 4.31. The third-order valence-electron chi connectivity index (χ3n) is 5.10. The molecule has 1 heterocycles. The third kappa shape index (κ3) is 8.21. The van der Waals surface area contributed by atoms with E-state index in [1.807, 2.05) is 6.07 Å². The van der Waals surface area contributed by atoms with Gasteiger partial charge in [0.1, 0.15) is 5.82 Å². The molecule has 1 fully saturated rings. The summed E-state index contributed by atoms with van der Waals surface area (Å²) in [7, 11) is 1.77. The molecule has 0 aliphatic carbocycles. The van der Waals surface area contributed by atoms with Gasteiger partial charge in [-0.1, -0.05) is 25.5 Å². The van der Waals surface area contributed by atoms with Crippen LogP contribution in [0, 0.1) is 5.82 Å². The SMILES string of the molecule is CCCCOCCCNC(=NC)NCC1(c2cccc(F)c2)CCOCC1.I. The van der Waals surface area contributed by atoms with Crippen LogP contribution < -0.4 is 10.6 Å². The van der Waals surface area contributed by atoms with E-state index in [9.17, 15) is 4.39 Å². The van der Waals surface area contributed by atoms with Gasteiger partial charge in [-0.2, -0.15) is 0 Å². The Morgan fingerprint density at radius 2 is 1.96 bits per heavy atom. The van der Waals surface area contributed by atoms with Crippen molar-refractivity contribution in [3.8, 4) is 0 Å². The van der Waals surface area contributed by atoms with Gasteiger partial charge in [-0.3, -0.25) is 4.99 Å². The predicted molar refractivity (Wildman–Crippen MR) is 123 cm³/mol. The highest BCUT2D eigenvalue weighted by molar-refractivity contribution is 14.0. The first-order valence-electron chi connectivity index (χ1n) is 10.1. The highest BCUT2D eigenvalue weighted by Gasteiger charge is 2.34. The Bertz CT molecular complexity index is 581. The Morgan fingerprint density at radius 1 is 1.21 bits per heavy atom. The second kappa shape index (κ2) is 14.1. The van der Waals surface area contributed by atoms with Crippen LogP contribution >= 0.6 is 24.0 Å². The van der Waals surface area contributed by atoms with Crippen LogP contribution in [0.4, 0.5) is 4.39 Å². The Hall–Kier alpha value is -0.930. The van der Waals surface area contributed by atoms with Gasteiger partial charge in [-0.25, -0.2) is 4.39 Å². The number of nitrogens with one attached hydrogen (secondary N) is 2. The van der Waals surface area contributed by atoms with Gasteiger partial charge in [0.05, 0.1) is 0 Å². The van der Waals surface area contributed by atoms with Crippen molar-refractivity contribution in [2.45, 2.75) is 44.4 Å². The Kier molecular flexibility index (Phi) is 12.7. The molecule has 0 unspecified atom stereocenters. The topological polar surface area (TPSA) is 54.9 Å². The number of hydrogen-bond acceptors (Lipinski definition) is 3. The molecule has 0 radical (unpaired) electrons. The third-order valence-corrected chi connectivity index (χ3v) is 5.10. The first kappa shape index (κ1) is 25.1. The molecular formula is C21H35FIN3O2. The number of rotatable bonds is 10. The summed E-state index contributed by atoms with van der Waals surface area (Å²) < 4.78 is 24.9. The van der Waals surface area contributed by atoms with Gasteiger partial charge < -0.3 is 20.1 Å². The summed E-state index contributed by atoms with van der Waals surface area (Å²) in [6.45, 7) is 6.65. The lowest BCUT2D eigenvalue weighted by molar-refractivity contribution is 0.0512. The van der Waals surface area contributed by atoms with Crippen molar-refractivity contribution < 1.29 is 13.9 Å². The maximum Gasteiger partial charge on any atom is 0.191 e. The molecule has 0 amide bonds. The first-order valence-corrected chi connectivity index (χ1v) is 10.1. The molecule has 0 aromatic heterocycles. The number of unbranched alkanes of at least 4 members (excludes halogenated alkanes) is 1. The summed E-state index contributed by atoms with van der Waals surface area (Å²) in [6.07, 6.45) is 4.94. The highest BCUT2D eigenvalue weighted by atomic mass is 127. The largest absolute Gasteiger partial charge is 0.381 e. The summed E-state index contributed by atoms with van der Waals surface area (Å²) >= 11 is 0. The van der Waals surface area contributed by atoms with Crippen LogP contribution in [0.1, 0.15) is 44.6 Å². The van der Waals surface area contributed by atoms with Crippen LogP contribution in [-0.4, -0.2) is 52.5 Å². The van der Waals surface area contributed by atoms with Crippen molar-refractivity contribution in [2.24, 2.45) is 4.99 Å². The molecule has 1 aromatic carbocycles. The second-order valence-electron chi connectivity index (χ2n) is 7.08. The maximum absolute atomic E-state index is 13.8. The number of benzene rings is 1. The van der Waals surface area contributed by atoms with Crippen molar-refractivity contribution in [1.29, 1.82) is 0 Å². The molecule has 28 heavy (non-hydrogen) atoms. The first-order chi connectivity index (χ1) is 13.2. The van der Waals surface area contributed by atoms with E-state index in [4.69, 9.17) is 9.47 Å². The number of aliphatic imine (C=N–C) groups is 1. The van der Waals surface area contributed by atoms with E-state index in [2.05, 4.69) is 22.5 Å². The van der Waals surface area contributed by atoms with Crippen LogP contribution in [0.3, 0.4) is 0 Å². The fourth-order valence-electron chi connectivity index (χ4n) is 3.35. The van der Waals surface area contributed by atoms with Crippen molar-refractivity contribution in [1.82, 2.24) is 10.6 Å². The van der Waals surface area contributed by atoms with Gasteiger partial charge in [-0.05, 0) is 43.4 Å². The number of ether oxygens (including phenoxy) is 2. The van der Waals surface area contributed by atoms with Gasteiger partial charge in [0.15, 0.2) is 5.96 Å². The summed E-state index contributed by atoms with van der Waals surface area (Å²) in [5.74, 6) is 0.578. The summed E-state index contributed by atoms with van der Waals surface area (Å²) in [5, 5.41) is 6.76. The second-order valence-corrected chi connectivity index (χ2v) is 7.08. The zero-order chi connectivity index (χ0) is 19.4. The normalized spacial score (nSPS) is 16.3. The van der Waals surface area contributed by atoms with E-state index in [-0.39, 0.29) is 35.2 Å². The van der Waals surface area contributed by atoms with Crippen molar-refractivity contribution >= 4 is 29.9 Å². The fourth-order valence-corrected chi connectivity index (χ4v) is 3.35. The molecule has 0 bridgehead atoms. The minimum absolute atomic E-state index is 0. The molecule has 1 saturated heterocycles. The molecular weight excluding hydrogens is 472 g/mol. The monoisotopic (exact) mass is 507 g/mol. The van der Waals surface area contributed by atoms with Gasteiger partial charge in [0.2, 0.25) is 0 Å². The minimum Gasteiger partial charge on any atom is -0.381 e. The van der Waals surface area contributed by atoms with Gasteiger partial charge in [-0.15, -0.1) is 24.0 Å². The lowest BCUT2D eigenvalue weighted by Gasteiger charge is -2.38.